The zero-order valence-corrected chi connectivity index (χ0v) is 13.6. The highest BCUT2D eigenvalue weighted by atomic mass is 16.5. The molecule has 3 heteroatoms. The standard InChI is InChI=1S/C18H30N2O/c1-16(15-21-2)19-10-13-20-11-8-18(9-12-20)14-17-6-4-3-5-7-17/h3-7,16,18-19H,8-15H2,1-2H3. The van der Waals surface area contributed by atoms with E-state index in [0.717, 1.165) is 25.6 Å². The van der Waals surface area contributed by atoms with E-state index in [4.69, 9.17) is 4.74 Å². The maximum atomic E-state index is 5.14. The summed E-state index contributed by atoms with van der Waals surface area (Å²) in [5, 5.41) is 3.52. The van der Waals surface area contributed by atoms with E-state index in [1.54, 1.807) is 7.11 Å². The Balaban J connectivity index is 1.60. The molecule has 0 bridgehead atoms. The maximum Gasteiger partial charge on any atom is 0.0613 e. The van der Waals surface area contributed by atoms with Gasteiger partial charge < -0.3 is 15.0 Å². The third kappa shape index (κ3) is 6.16. The number of rotatable bonds is 8. The van der Waals surface area contributed by atoms with Crippen molar-refractivity contribution in [3.63, 3.8) is 0 Å². The lowest BCUT2D eigenvalue weighted by atomic mass is 9.90. The summed E-state index contributed by atoms with van der Waals surface area (Å²) in [5.41, 5.74) is 1.49. The van der Waals surface area contributed by atoms with E-state index in [0.29, 0.717) is 6.04 Å². The van der Waals surface area contributed by atoms with Crippen LogP contribution in [0.2, 0.25) is 0 Å². The lowest BCUT2D eigenvalue weighted by Crippen LogP contribution is -2.41. The van der Waals surface area contributed by atoms with Crippen LogP contribution in [0.4, 0.5) is 0 Å². The van der Waals surface area contributed by atoms with E-state index < -0.39 is 0 Å². The minimum Gasteiger partial charge on any atom is -0.383 e. The molecule has 1 unspecified atom stereocenters. The summed E-state index contributed by atoms with van der Waals surface area (Å²) in [6, 6.07) is 11.4. The normalized spacial score (nSPS) is 18.8. The average molecular weight is 290 g/mol. The number of nitrogens with zero attached hydrogens (tertiary/aromatic N) is 1. The topological polar surface area (TPSA) is 24.5 Å². The minimum atomic E-state index is 0.450. The number of hydrogen-bond acceptors (Lipinski definition) is 3. The fourth-order valence-corrected chi connectivity index (χ4v) is 3.14. The Bertz CT molecular complexity index is 374. The molecule has 118 valence electrons. The molecule has 1 aliphatic heterocycles. The van der Waals surface area contributed by atoms with E-state index in [1.165, 1.54) is 37.9 Å². The lowest BCUT2D eigenvalue weighted by molar-refractivity contribution is 0.160. The highest BCUT2D eigenvalue weighted by Gasteiger charge is 2.19. The molecule has 0 saturated carbocycles. The fraction of sp³-hybridized carbons (Fsp3) is 0.667. The number of nitrogens with one attached hydrogen (secondary N) is 1. The Morgan fingerprint density at radius 2 is 1.95 bits per heavy atom. The van der Waals surface area contributed by atoms with Crippen molar-refractivity contribution < 1.29 is 4.74 Å². The van der Waals surface area contributed by atoms with Crippen molar-refractivity contribution in [3.8, 4) is 0 Å². The molecule has 1 N–H and O–H groups in total. The quantitative estimate of drug-likeness (QED) is 0.796. The smallest absolute Gasteiger partial charge is 0.0613 e. The Labute approximate surface area is 129 Å². The zero-order chi connectivity index (χ0) is 14.9. The van der Waals surface area contributed by atoms with Gasteiger partial charge in [-0.25, -0.2) is 0 Å². The van der Waals surface area contributed by atoms with Crippen LogP contribution in [-0.2, 0) is 11.2 Å². The first-order valence-electron chi connectivity index (χ1n) is 8.26. The molecule has 21 heavy (non-hydrogen) atoms. The molecule has 0 aromatic heterocycles. The van der Waals surface area contributed by atoms with Gasteiger partial charge in [-0.15, -0.1) is 0 Å². The molecule has 0 radical (unpaired) electrons. The Kier molecular flexibility index (Phi) is 7.20. The molecular formula is C18H30N2O. The van der Waals surface area contributed by atoms with Gasteiger partial charge in [0.2, 0.25) is 0 Å². The lowest BCUT2D eigenvalue weighted by Gasteiger charge is -2.32. The third-order valence-electron chi connectivity index (χ3n) is 4.41. The second kappa shape index (κ2) is 9.19. The molecule has 0 aliphatic carbocycles. The molecule has 3 nitrogen and oxygen atoms in total. The number of ether oxygens (including phenoxy) is 1. The molecule has 1 saturated heterocycles. The Morgan fingerprint density at radius 1 is 1.24 bits per heavy atom. The van der Waals surface area contributed by atoms with Gasteiger partial charge in [-0.2, -0.15) is 0 Å². The van der Waals surface area contributed by atoms with Crippen molar-refractivity contribution >= 4 is 0 Å². The Hall–Kier alpha value is -0.900. The fourth-order valence-electron chi connectivity index (χ4n) is 3.14. The monoisotopic (exact) mass is 290 g/mol. The molecule has 0 spiro atoms. The SMILES string of the molecule is COCC(C)NCCN1CCC(Cc2ccccc2)CC1. The van der Waals surface area contributed by atoms with E-state index in [-0.39, 0.29) is 0 Å². The summed E-state index contributed by atoms with van der Waals surface area (Å²) < 4.78 is 5.14. The maximum absolute atomic E-state index is 5.14. The van der Waals surface area contributed by atoms with Crippen LogP contribution in [0.25, 0.3) is 0 Å². The number of piperidine rings is 1. The first-order chi connectivity index (χ1) is 10.3. The van der Waals surface area contributed by atoms with Crippen molar-refractivity contribution in [2.45, 2.75) is 32.2 Å². The van der Waals surface area contributed by atoms with Crippen molar-refractivity contribution in [1.82, 2.24) is 10.2 Å². The summed E-state index contributed by atoms with van der Waals surface area (Å²) >= 11 is 0. The molecule has 1 heterocycles. The molecule has 2 rings (SSSR count). The first kappa shape index (κ1) is 16.5. The number of hydrogen-bond donors (Lipinski definition) is 1. The summed E-state index contributed by atoms with van der Waals surface area (Å²) in [5.74, 6) is 0.865. The predicted octanol–water partition coefficient (Wildman–Crippen LogP) is 2.57. The minimum absolute atomic E-state index is 0.450. The average Bonchev–Trinajstić information content (AvgIpc) is 2.50. The van der Waals surface area contributed by atoms with Gasteiger partial charge in [0.1, 0.15) is 0 Å². The summed E-state index contributed by atoms with van der Waals surface area (Å²) in [6.45, 7) is 7.68. The summed E-state index contributed by atoms with van der Waals surface area (Å²) in [4.78, 5) is 2.59. The van der Waals surface area contributed by atoms with Crippen LogP contribution in [-0.4, -0.2) is 50.8 Å². The third-order valence-corrected chi connectivity index (χ3v) is 4.41. The number of likely N-dealkylation sites (tertiary alicyclic amines) is 1. The number of benzene rings is 1. The molecule has 1 atom stereocenters. The van der Waals surface area contributed by atoms with Crippen LogP contribution in [0.15, 0.2) is 30.3 Å². The molecule has 1 fully saturated rings. The molecule has 0 amide bonds. The van der Waals surface area contributed by atoms with Gasteiger partial charge in [0, 0.05) is 26.2 Å². The van der Waals surface area contributed by atoms with Crippen molar-refractivity contribution in [2.24, 2.45) is 5.92 Å². The van der Waals surface area contributed by atoms with Crippen LogP contribution in [0.1, 0.15) is 25.3 Å². The molecular weight excluding hydrogens is 260 g/mol. The first-order valence-corrected chi connectivity index (χ1v) is 8.26. The van der Waals surface area contributed by atoms with Crippen LogP contribution in [0, 0.1) is 5.92 Å². The van der Waals surface area contributed by atoms with Gasteiger partial charge in [0.25, 0.3) is 0 Å². The van der Waals surface area contributed by atoms with Gasteiger partial charge >= 0.3 is 0 Å². The molecule has 1 aromatic carbocycles. The van der Waals surface area contributed by atoms with Gasteiger partial charge in [-0.3, -0.25) is 0 Å². The van der Waals surface area contributed by atoms with Crippen LogP contribution >= 0.6 is 0 Å². The van der Waals surface area contributed by atoms with Gasteiger partial charge in [-0.1, -0.05) is 30.3 Å². The van der Waals surface area contributed by atoms with Crippen molar-refractivity contribution in [1.29, 1.82) is 0 Å². The van der Waals surface area contributed by atoms with E-state index in [9.17, 15) is 0 Å². The number of methoxy groups -OCH3 is 1. The largest absolute Gasteiger partial charge is 0.383 e. The summed E-state index contributed by atoms with van der Waals surface area (Å²) in [6.07, 6.45) is 3.92. The molecule has 1 aliphatic rings. The highest BCUT2D eigenvalue weighted by Crippen LogP contribution is 2.21. The second-order valence-electron chi connectivity index (χ2n) is 6.29. The van der Waals surface area contributed by atoms with Gasteiger partial charge in [0.15, 0.2) is 0 Å². The van der Waals surface area contributed by atoms with Crippen molar-refractivity contribution in [2.75, 3.05) is 39.9 Å². The van der Waals surface area contributed by atoms with Gasteiger partial charge in [0.05, 0.1) is 6.61 Å². The van der Waals surface area contributed by atoms with Gasteiger partial charge in [-0.05, 0) is 50.8 Å². The van der Waals surface area contributed by atoms with Crippen molar-refractivity contribution in [3.05, 3.63) is 35.9 Å². The van der Waals surface area contributed by atoms with Crippen LogP contribution in [0.3, 0.4) is 0 Å². The molecule has 1 aromatic rings. The van der Waals surface area contributed by atoms with Crippen LogP contribution in [0.5, 0.6) is 0 Å². The van der Waals surface area contributed by atoms with E-state index in [1.807, 2.05) is 0 Å². The predicted molar refractivity (Wildman–Crippen MR) is 88.7 cm³/mol. The Morgan fingerprint density at radius 3 is 2.62 bits per heavy atom. The zero-order valence-electron chi connectivity index (χ0n) is 13.6. The van der Waals surface area contributed by atoms with E-state index >= 15 is 0 Å². The highest BCUT2D eigenvalue weighted by molar-refractivity contribution is 5.15. The summed E-state index contributed by atoms with van der Waals surface area (Å²) in [7, 11) is 1.76. The van der Waals surface area contributed by atoms with E-state index in [2.05, 4.69) is 47.5 Å². The second-order valence-corrected chi connectivity index (χ2v) is 6.29. The van der Waals surface area contributed by atoms with Crippen LogP contribution < -0.4 is 5.32 Å².